The van der Waals surface area contributed by atoms with E-state index in [1.54, 1.807) is 17.6 Å². The van der Waals surface area contributed by atoms with Crippen LogP contribution in [0.15, 0.2) is 58.5 Å². The normalized spacial score (nSPS) is 10.6. The molecule has 3 rings (SSSR count). The lowest BCUT2D eigenvalue weighted by Crippen LogP contribution is -2.30. The van der Waals surface area contributed by atoms with Gasteiger partial charge in [0.25, 0.3) is 0 Å². The summed E-state index contributed by atoms with van der Waals surface area (Å²) >= 11 is 1.70. The van der Waals surface area contributed by atoms with E-state index in [2.05, 4.69) is 41.3 Å². The Hall–Kier alpha value is -1.87. The summed E-state index contributed by atoms with van der Waals surface area (Å²) in [4.78, 5) is 0. The molecule has 0 unspecified atom stereocenters. The van der Waals surface area contributed by atoms with Crippen molar-refractivity contribution >= 4 is 11.3 Å². The highest BCUT2D eigenvalue weighted by Crippen LogP contribution is 2.26. The maximum Gasteiger partial charge on any atom is 0.305 e. The van der Waals surface area contributed by atoms with E-state index in [1.807, 2.05) is 18.2 Å². The second kappa shape index (κ2) is 4.18. The third-order valence-corrected chi connectivity index (χ3v) is 3.79. The Morgan fingerprint density at radius 3 is 2.59 bits per heavy atom. The molecule has 1 aromatic carbocycles. The van der Waals surface area contributed by atoms with Crippen molar-refractivity contribution in [2.24, 2.45) is 7.05 Å². The van der Waals surface area contributed by atoms with E-state index in [-0.39, 0.29) is 0 Å². The minimum Gasteiger partial charge on any atom is -0.457 e. The standard InChI is InChI=1S/C14H12NOS/c1-15-12(11-6-3-2-4-7-11)10-17-14(15)13-8-5-9-16-13/h2-10H,1H3/q+1. The van der Waals surface area contributed by atoms with Gasteiger partial charge in [-0.25, -0.2) is 0 Å². The fourth-order valence-electron chi connectivity index (χ4n) is 1.87. The fraction of sp³-hybridized carbons (Fsp3) is 0.0714. The summed E-state index contributed by atoms with van der Waals surface area (Å²) in [6.45, 7) is 0. The number of rotatable bonds is 2. The molecule has 2 heterocycles. The van der Waals surface area contributed by atoms with Gasteiger partial charge in [0.1, 0.15) is 7.05 Å². The zero-order valence-electron chi connectivity index (χ0n) is 9.46. The van der Waals surface area contributed by atoms with Gasteiger partial charge in [0, 0.05) is 5.56 Å². The number of hydrogen-bond donors (Lipinski definition) is 0. The number of aromatic nitrogens is 1. The van der Waals surface area contributed by atoms with Crippen LogP contribution in [0.5, 0.6) is 0 Å². The van der Waals surface area contributed by atoms with Gasteiger partial charge in [-0.05, 0) is 24.3 Å². The Labute approximate surface area is 104 Å². The Morgan fingerprint density at radius 1 is 1.06 bits per heavy atom. The van der Waals surface area contributed by atoms with Gasteiger partial charge in [0.05, 0.1) is 11.6 Å². The predicted molar refractivity (Wildman–Crippen MR) is 68.6 cm³/mol. The van der Waals surface area contributed by atoms with Crippen LogP contribution in [0, 0.1) is 0 Å². The number of benzene rings is 1. The molecular formula is C14H12NOS+. The van der Waals surface area contributed by atoms with Crippen LogP contribution in [0.3, 0.4) is 0 Å². The summed E-state index contributed by atoms with van der Waals surface area (Å²) in [5.41, 5.74) is 2.44. The summed E-state index contributed by atoms with van der Waals surface area (Å²) in [7, 11) is 2.07. The van der Waals surface area contributed by atoms with Crippen LogP contribution in [0.2, 0.25) is 0 Å². The van der Waals surface area contributed by atoms with Crippen LogP contribution < -0.4 is 4.57 Å². The van der Waals surface area contributed by atoms with E-state index >= 15 is 0 Å². The third-order valence-electron chi connectivity index (χ3n) is 2.75. The van der Waals surface area contributed by atoms with Gasteiger partial charge in [0.15, 0.2) is 0 Å². The zero-order chi connectivity index (χ0) is 11.7. The molecule has 3 aromatic rings. The molecular weight excluding hydrogens is 230 g/mol. The van der Waals surface area contributed by atoms with Crippen molar-refractivity contribution in [3.63, 3.8) is 0 Å². The average Bonchev–Trinajstić information content (AvgIpc) is 2.99. The second-order valence-corrected chi connectivity index (χ2v) is 4.69. The van der Waals surface area contributed by atoms with Gasteiger partial charge in [-0.1, -0.05) is 29.5 Å². The first kappa shape index (κ1) is 10.3. The van der Waals surface area contributed by atoms with Gasteiger partial charge in [-0.3, -0.25) is 0 Å². The van der Waals surface area contributed by atoms with Gasteiger partial charge in [-0.2, -0.15) is 4.57 Å². The SMILES string of the molecule is C[n+]1c(-c2ccccc2)csc1-c1ccco1. The van der Waals surface area contributed by atoms with Crippen molar-refractivity contribution in [2.45, 2.75) is 0 Å². The average molecular weight is 242 g/mol. The number of furan rings is 1. The van der Waals surface area contributed by atoms with Crippen LogP contribution in [0.25, 0.3) is 22.0 Å². The molecule has 2 nitrogen and oxygen atoms in total. The molecule has 0 bridgehead atoms. The van der Waals surface area contributed by atoms with Crippen LogP contribution in [0.1, 0.15) is 0 Å². The summed E-state index contributed by atoms with van der Waals surface area (Å²) < 4.78 is 7.60. The Bertz CT molecular complexity index is 611. The van der Waals surface area contributed by atoms with Crippen LogP contribution in [0.4, 0.5) is 0 Å². The minimum absolute atomic E-state index is 0.916. The topological polar surface area (TPSA) is 17.0 Å². The first-order chi connectivity index (χ1) is 8.36. The summed E-state index contributed by atoms with van der Waals surface area (Å²) in [5.74, 6) is 0.916. The number of nitrogens with zero attached hydrogens (tertiary/aromatic N) is 1. The zero-order valence-corrected chi connectivity index (χ0v) is 10.3. The van der Waals surface area contributed by atoms with Crippen molar-refractivity contribution in [1.82, 2.24) is 0 Å². The highest BCUT2D eigenvalue weighted by Gasteiger charge is 2.20. The molecule has 0 N–H and O–H groups in total. The first-order valence-electron chi connectivity index (χ1n) is 5.43. The molecule has 84 valence electrons. The van der Waals surface area contributed by atoms with Crippen molar-refractivity contribution in [3.05, 3.63) is 54.1 Å². The Balaban J connectivity index is 2.10. The lowest BCUT2D eigenvalue weighted by molar-refractivity contribution is -0.645. The smallest absolute Gasteiger partial charge is 0.305 e. The first-order valence-corrected chi connectivity index (χ1v) is 6.31. The van der Waals surface area contributed by atoms with Gasteiger partial charge in [0.2, 0.25) is 11.5 Å². The second-order valence-electron chi connectivity index (χ2n) is 3.83. The Morgan fingerprint density at radius 2 is 1.88 bits per heavy atom. The summed E-state index contributed by atoms with van der Waals surface area (Å²) in [6, 6.07) is 14.3. The van der Waals surface area contributed by atoms with E-state index in [9.17, 15) is 0 Å². The van der Waals surface area contributed by atoms with Gasteiger partial charge >= 0.3 is 5.01 Å². The van der Waals surface area contributed by atoms with Crippen molar-refractivity contribution in [3.8, 4) is 22.0 Å². The summed E-state index contributed by atoms with van der Waals surface area (Å²) in [5, 5.41) is 3.29. The van der Waals surface area contributed by atoms with E-state index in [0.717, 1.165) is 10.8 Å². The lowest BCUT2D eigenvalue weighted by atomic mass is 10.2. The van der Waals surface area contributed by atoms with Crippen molar-refractivity contribution < 1.29 is 8.98 Å². The molecule has 0 saturated carbocycles. The van der Waals surface area contributed by atoms with Crippen LogP contribution in [-0.2, 0) is 7.05 Å². The van der Waals surface area contributed by atoms with Gasteiger partial charge in [-0.15, -0.1) is 0 Å². The van der Waals surface area contributed by atoms with E-state index < -0.39 is 0 Å². The molecule has 0 fully saturated rings. The molecule has 0 atom stereocenters. The maximum atomic E-state index is 5.44. The van der Waals surface area contributed by atoms with Crippen LogP contribution >= 0.6 is 11.3 Å². The molecule has 17 heavy (non-hydrogen) atoms. The quantitative estimate of drug-likeness (QED) is 0.629. The molecule has 3 heteroatoms. The number of hydrogen-bond acceptors (Lipinski definition) is 2. The monoisotopic (exact) mass is 242 g/mol. The Kier molecular flexibility index (Phi) is 2.53. The highest BCUT2D eigenvalue weighted by molar-refractivity contribution is 7.12. The third kappa shape index (κ3) is 1.78. The molecule has 0 spiro atoms. The molecule has 0 saturated heterocycles. The van der Waals surface area contributed by atoms with E-state index in [4.69, 9.17) is 4.42 Å². The summed E-state index contributed by atoms with van der Waals surface area (Å²) in [6.07, 6.45) is 1.71. The van der Waals surface area contributed by atoms with E-state index in [0.29, 0.717) is 0 Å². The minimum atomic E-state index is 0.916. The lowest BCUT2D eigenvalue weighted by Gasteiger charge is -1.95. The number of thiazole rings is 1. The fourth-order valence-corrected chi connectivity index (χ4v) is 2.88. The van der Waals surface area contributed by atoms with Gasteiger partial charge < -0.3 is 4.42 Å². The predicted octanol–water partition coefficient (Wildman–Crippen LogP) is 3.50. The molecule has 0 aliphatic carbocycles. The highest BCUT2D eigenvalue weighted by atomic mass is 32.1. The molecule has 0 aliphatic rings. The van der Waals surface area contributed by atoms with Crippen LogP contribution in [-0.4, -0.2) is 0 Å². The van der Waals surface area contributed by atoms with Crippen molar-refractivity contribution in [1.29, 1.82) is 0 Å². The molecule has 0 radical (unpaired) electrons. The van der Waals surface area contributed by atoms with E-state index in [1.165, 1.54) is 11.3 Å². The van der Waals surface area contributed by atoms with Crippen molar-refractivity contribution in [2.75, 3.05) is 0 Å². The molecule has 0 aliphatic heterocycles. The molecule has 2 aromatic heterocycles. The largest absolute Gasteiger partial charge is 0.457 e. The maximum absolute atomic E-state index is 5.44. The molecule has 0 amide bonds.